The molecule has 1 rings (SSSR count). The smallest absolute Gasteiger partial charge is 0.328 e. The minimum atomic E-state index is -2.11. The Labute approximate surface area is 322 Å². The Morgan fingerprint density at radius 1 is 0.981 bits per heavy atom. The van der Waals surface area contributed by atoms with Crippen molar-refractivity contribution >= 4 is 26.0 Å². The molecule has 1 aromatic rings. The van der Waals surface area contributed by atoms with E-state index in [1.807, 2.05) is 36.6 Å². The van der Waals surface area contributed by atoms with Crippen LogP contribution < -0.4 is 4.74 Å². The van der Waals surface area contributed by atoms with Gasteiger partial charge in [-0.25, -0.2) is 4.79 Å². The summed E-state index contributed by atoms with van der Waals surface area (Å²) in [4.78, 5) is 10.9. The van der Waals surface area contributed by atoms with Crippen LogP contribution in [-0.4, -0.2) is 83.9 Å². The Kier molecular flexibility index (Phi) is 23.3. The molecule has 0 aromatic heterocycles. The van der Waals surface area contributed by atoms with Crippen LogP contribution in [0.15, 0.2) is 60.2 Å². The highest BCUT2D eigenvalue weighted by Crippen LogP contribution is 2.41. The highest BCUT2D eigenvalue weighted by atomic mass is 32.2. The number of rotatable bonds is 27. The Bertz CT molecular complexity index is 1210. The van der Waals surface area contributed by atoms with E-state index < -0.39 is 14.3 Å². The molecule has 0 bridgehead atoms. The summed E-state index contributed by atoms with van der Waals surface area (Å²) in [5.74, 6) is 1.29. The second-order valence-electron chi connectivity index (χ2n) is 15.7. The average Bonchev–Trinajstić information content (AvgIpc) is 3.09. The van der Waals surface area contributed by atoms with Gasteiger partial charge < -0.3 is 33.2 Å². The molecule has 0 radical (unpaired) electrons. The van der Waals surface area contributed by atoms with Gasteiger partial charge in [0, 0.05) is 26.2 Å². The van der Waals surface area contributed by atoms with Crippen LogP contribution in [0.25, 0.3) is 0 Å². The standard InChI is InChI=1S/C42H72O8SSi/c1-31(27-37(46-9)29-48-28-35-22-24-36(45-8)25-23-35)19-20-32(2)38(47-10)26-21-33(3)41(50-52(12,13)42(5,6)7)34(4)39(49-30-51-11)17-15-14-16-18-40(43)44/h14-16,18,20,22-25,31,33-34,37-39,41H,17,19,21,26-30H2,1-13H3,(H,43,44)/b15-14+,18-16+,32-20+/t31-,33+,34-,37-,38+,39-,41-/m1/s1. The van der Waals surface area contributed by atoms with Gasteiger partial charge in [-0.1, -0.05) is 78.0 Å². The maximum Gasteiger partial charge on any atom is 0.328 e. The molecule has 8 nitrogen and oxygen atoms in total. The van der Waals surface area contributed by atoms with E-state index in [1.165, 1.54) is 5.57 Å². The number of thioether (sulfide) groups is 1. The van der Waals surface area contributed by atoms with E-state index in [0.29, 0.717) is 31.5 Å². The fraction of sp³-hybridized carbons (Fsp3) is 0.690. The van der Waals surface area contributed by atoms with E-state index >= 15 is 0 Å². The largest absolute Gasteiger partial charge is 0.497 e. The number of hydrogen-bond acceptors (Lipinski definition) is 8. The molecule has 1 N–H and O–H groups in total. The highest BCUT2D eigenvalue weighted by Gasteiger charge is 2.42. The summed E-state index contributed by atoms with van der Waals surface area (Å²) >= 11 is 1.66. The number of allylic oxidation sites excluding steroid dienone is 3. The highest BCUT2D eigenvalue weighted by molar-refractivity contribution is 7.98. The first-order valence-electron chi connectivity index (χ1n) is 18.8. The van der Waals surface area contributed by atoms with Crippen molar-refractivity contribution in [2.45, 2.75) is 130 Å². The first kappa shape index (κ1) is 48.1. The van der Waals surface area contributed by atoms with Gasteiger partial charge in [-0.05, 0) is 98.5 Å². The zero-order valence-corrected chi connectivity index (χ0v) is 36.4. The maximum absolute atomic E-state index is 10.9. The minimum Gasteiger partial charge on any atom is -0.497 e. The van der Waals surface area contributed by atoms with E-state index in [0.717, 1.165) is 43.1 Å². The van der Waals surface area contributed by atoms with Crippen molar-refractivity contribution in [1.29, 1.82) is 0 Å². The van der Waals surface area contributed by atoms with E-state index in [2.05, 4.69) is 67.6 Å². The molecule has 0 amide bonds. The van der Waals surface area contributed by atoms with Gasteiger partial charge in [0.2, 0.25) is 0 Å². The van der Waals surface area contributed by atoms with Crippen LogP contribution in [0.3, 0.4) is 0 Å². The summed E-state index contributed by atoms with van der Waals surface area (Å²) in [6.45, 7) is 21.6. The summed E-state index contributed by atoms with van der Waals surface area (Å²) in [6.07, 6.45) is 15.2. The molecule has 0 saturated carbocycles. The van der Waals surface area contributed by atoms with Gasteiger partial charge in [-0.15, -0.1) is 11.8 Å². The molecule has 0 spiro atoms. The lowest BCUT2D eigenvalue weighted by Gasteiger charge is -2.44. The molecule has 0 heterocycles. The first-order chi connectivity index (χ1) is 24.5. The normalized spacial score (nSPS) is 17.2. The van der Waals surface area contributed by atoms with Crippen molar-refractivity contribution < 1.29 is 38.0 Å². The molecule has 298 valence electrons. The number of methoxy groups -OCH3 is 3. The number of aliphatic carboxylic acids is 1. The first-order valence-corrected chi connectivity index (χ1v) is 23.1. The molecule has 0 aliphatic carbocycles. The molecule has 52 heavy (non-hydrogen) atoms. The van der Waals surface area contributed by atoms with Crippen LogP contribution in [0.5, 0.6) is 5.75 Å². The van der Waals surface area contributed by atoms with Crippen molar-refractivity contribution in [2.75, 3.05) is 40.1 Å². The monoisotopic (exact) mass is 764 g/mol. The van der Waals surface area contributed by atoms with Crippen molar-refractivity contribution in [3.63, 3.8) is 0 Å². The average molecular weight is 765 g/mol. The van der Waals surface area contributed by atoms with Crippen molar-refractivity contribution in [3.05, 3.63) is 65.8 Å². The van der Waals surface area contributed by atoms with Gasteiger partial charge in [-0.3, -0.25) is 0 Å². The number of carbonyl (C=O) groups is 1. The second kappa shape index (κ2) is 25.2. The zero-order chi connectivity index (χ0) is 39.3. The van der Waals surface area contributed by atoms with Gasteiger partial charge in [0.05, 0.1) is 50.7 Å². The molecular formula is C42H72O8SSi. The number of benzene rings is 1. The Balaban J connectivity index is 2.95. The van der Waals surface area contributed by atoms with Crippen molar-refractivity contribution in [3.8, 4) is 5.75 Å². The lowest BCUT2D eigenvalue weighted by Crippen LogP contribution is -2.49. The molecule has 1 aromatic carbocycles. The third kappa shape index (κ3) is 18.4. The Hall–Kier alpha value is -1.92. The summed E-state index contributed by atoms with van der Waals surface area (Å²) < 4.78 is 36.7. The quantitative estimate of drug-likeness (QED) is 0.0309. The van der Waals surface area contributed by atoms with Crippen LogP contribution in [0, 0.1) is 17.8 Å². The molecule has 0 fully saturated rings. The lowest BCUT2D eigenvalue weighted by atomic mass is 9.84. The van der Waals surface area contributed by atoms with Crippen LogP contribution >= 0.6 is 11.8 Å². The van der Waals surface area contributed by atoms with Crippen LogP contribution in [0.4, 0.5) is 0 Å². The van der Waals surface area contributed by atoms with Crippen molar-refractivity contribution in [1.82, 2.24) is 0 Å². The number of hydrogen-bond donors (Lipinski definition) is 1. The predicted octanol–water partition coefficient (Wildman–Crippen LogP) is 10.3. The fourth-order valence-corrected chi connectivity index (χ4v) is 7.72. The van der Waals surface area contributed by atoms with E-state index in [1.54, 1.807) is 45.2 Å². The van der Waals surface area contributed by atoms with E-state index in [4.69, 9.17) is 33.2 Å². The topological polar surface area (TPSA) is 92.7 Å². The van der Waals surface area contributed by atoms with Gasteiger partial charge in [0.25, 0.3) is 0 Å². The van der Waals surface area contributed by atoms with Crippen LogP contribution in [0.2, 0.25) is 18.1 Å². The summed E-state index contributed by atoms with van der Waals surface area (Å²) in [6, 6.07) is 7.94. The summed E-state index contributed by atoms with van der Waals surface area (Å²) in [5.41, 5.74) is 2.36. The minimum absolute atomic E-state index is 0.00422. The third-order valence-corrected chi connectivity index (χ3v) is 15.3. The Morgan fingerprint density at radius 3 is 2.21 bits per heavy atom. The van der Waals surface area contributed by atoms with Crippen LogP contribution in [0.1, 0.15) is 86.1 Å². The van der Waals surface area contributed by atoms with Gasteiger partial charge >= 0.3 is 5.97 Å². The SMILES string of the molecule is COc1ccc(COC[C@@H](C[C@H](C)C/C=C(\C)[C@H](CC[C@H](C)[C@@H](O[Si](C)(C)C(C)(C)C)[C@H](C)[C@@H](C/C=C/C=C/C(=O)O)OCSC)OC)OC)cc1. The molecule has 0 aliphatic heterocycles. The Morgan fingerprint density at radius 2 is 1.65 bits per heavy atom. The maximum atomic E-state index is 10.9. The van der Waals surface area contributed by atoms with Gasteiger partial charge in [0.1, 0.15) is 5.75 Å². The number of carboxylic acids is 1. The molecule has 0 aliphatic rings. The summed E-state index contributed by atoms with van der Waals surface area (Å²) in [7, 11) is 3.13. The van der Waals surface area contributed by atoms with Gasteiger partial charge in [0.15, 0.2) is 8.32 Å². The predicted molar refractivity (Wildman–Crippen MR) is 220 cm³/mol. The van der Waals surface area contributed by atoms with E-state index in [-0.39, 0.29) is 41.3 Å². The summed E-state index contributed by atoms with van der Waals surface area (Å²) in [5, 5.41) is 9.02. The molecular weight excluding hydrogens is 693 g/mol. The molecule has 7 atom stereocenters. The molecule has 0 unspecified atom stereocenters. The number of carboxylic acid groups (broad SMARTS) is 1. The van der Waals surface area contributed by atoms with E-state index in [9.17, 15) is 4.79 Å². The second-order valence-corrected chi connectivity index (χ2v) is 21.3. The molecule has 0 saturated heterocycles. The molecule has 10 heteroatoms. The zero-order valence-electron chi connectivity index (χ0n) is 34.6. The fourth-order valence-electron chi connectivity index (χ4n) is 5.93. The van der Waals surface area contributed by atoms with Crippen molar-refractivity contribution in [2.24, 2.45) is 17.8 Å². The van der Waals surface area contributed by atoms with Crippen LogP contribution in [-0.2, 0) is 34.8 Å². The third-order valence-electron chi connectivity index (χ3n) is 10.4. The van der Waals surface area contributed by atoms with Gasteiger partial charge in [-0.2, -0.15) is 0 Å². The lowest BCUT2D eigenvalue weighted by molar-refractivity contribution is -0.131. The number of ether oxygens (including phenoxy) is 5.